The zero-order valence-corrected chi connectivity index (χ0v) is 14.9. The van der Waals surface area contributed by atoms with E-state index in [1.54, 1.807) is 29.6 Å². The average molecular weight is 443 g/mol. The smallest absolute Gasteiger partial charge is 0.456 e. The second-order valence-electron chi connectivity index (χ2n) is 4.58. The Bertz CT molecular complexity index is 752. The molecule has 0 saturated heterocycles. The minimum atomic E-state index is -4.99. The van der Waals surface area contributed by atoms with Crippen LogP contribution in [-0.2, 0) is 10.1 Å². The quantitative estimate of drug-likeness (QED) is 0.574. The van der Waals surface area contributed by atoms with Crippen molar-refractivity contribution in [2.45, 2.75) is 11.5 Å². The maximum Gasteiger partial charge on any atom is 0.471 e. The topological polar surface area (TPSA) is 38.3 Å². The molecule has 2 rings (SSSR count). The molecule has 1 amide bonds. The predicted octanol–water partition coefficient (Wildman–Crippen LogP) is 6.18. The molecule has 0 saturated carbocycles. The first-order valence-corrected chi connectivity index (χ1v) is 8.28. The molecule has 2 aromatic carbocycles. The molecule has 2 aromatic rings. The van der Waals surface area contributed by atoms with Gasteiger partial charge in [-0.15, -0.1) is 0 Å². The van der Waals surface area contributed by atoms with E-state index in [0.717, 1.165) is 0 Å². The number of nitrogens with one attached hydrogen (secondary N) is 1. The summed E-state index contributed by atoms with van der Waals surface area (Å²) in [6.07, 6.45) is -4.99. The molecule has 0 aromatic heterocycles. The van der Waals surface area contributed by atoms with Crippen LogP contribution in [0.25, 0.3) is 0 Å². The molecule has 0 unspecified atom stereocenters. The number of halogens is 6. The van der Waals surface area contributed by atoms with E-state index in [0.29, 0.717) is 16.3 Å². The number of alkyl halides is 4. The lowest BCUT2D eigenvalue weighted by Crippen LogP contribution is -2.30. The van der Waals surface area contributed by atoms with Crippen LogP contribution in [0.4, 0.5) is 18.9 Å². The number of carbonyl (C=O) groups is 1. The van der Waals surface area contributed by atoms with Crippen LogP contribution < -0.4 is 10.1 Å². The van der Waals surface area contributed by atoms with Crippen LogP contribution in [-0.4, -0.2) is 12.1 Å². The van der Waals surface area contributed by atoms with E-state index in [-0.39, 0.29) is 21.8 Å². The summed E-state index contributed by atoms with van der Waals surface area (Å²) in [4.78, 5) is 11.1. The Morgan fingerprint density at radius 1 is 1.17 bits per heavy atom. The van der Waals surface area contributed by atoms with Gasteiger partial charge in [-0.2, -0.15) is 13.2 Å². The van der Waals surface area contributed by atoms with E-state index < -0.39 is 12.1 Å². The van der Waals surface area contributed by atoms with Crippen LogP contribution >= 0.6 is 39.1 Å². The van der Waals surface area contributed by atoms with Gasteiger partial charge < -0.3 is 10.1 Å². The molecule has 0 atom stereocenters. The molecule has 0 spiro atoms. The monoisotopic (exact) mass is 441 g/mol. The molecule has 0 heterocycles. The van der Waals surface area contributed by atoms with Gasteiger partial charge in [0.2, 0.25) is 0 Å². The van der Waals surface area contributed by atoms with Gasteiger partial charge in [0, 0.05) is 16.0 Å². The Labute approximate surface area is 153 Å². The van der Waals surface area contributed by atoms with Gasteiger partial charge >= 0.3 is 12.1 Å². The maximum atomic E-state index is 12.4. The SMILES string of the molecule is O=C(Nc1cc(Cl)c(Oc2ccc(Cl)cc2)cc1CBr)C(F)(F)F. The van der Waals surface area contributed by atoms with Crippen LogP contribution in [0.15, 0.2) is 36.4 Å². The lowest BCUT2D eigenvalue weighted by atomic mass is 10.2. The van der Waals surface area contributed by atoms with E-state index in [9.17, 15) is 18.0 Å². The van der Waals surface area contributed by atoms with E-state index >= 15 is 0 Å². The molecule has 128 valence electrons. The standard InChI is InChI=1S/C15H9BrCl2F3NO2/c16-7-8-5-13(24-10-3-1-9(17)2-4-10)11(18)6-12(8)22-14(23)15(19,20)21/h1-6H,7H2,(H,22,23). The van der Waals surface area contributed by atoms with Crippen molar-refractivity contribution in [3.05, 3.63) is 52.0 Å². The number of hydrogen-bond acceptors (Lipinski definition) is 2. The first-order chi connectivity index (χ1) is 11.2. The van der Waals surface area contributed by atoms with Crippen LogP contribution in [0, 0.1) is 0 Å². The third-order valence-corrected chi connectivity index (χ3v) is 4.00. The lowest BCUT2D eigenvalue weighted by Gasteiger charge is -2.15. The number of carbonyl (C=O) groups excluding carboxylic acids is 1. The molecule has 3 nitrogen and oxygen atoms in total. The third kappa shape index (κ3) is 4.78. The van der Waals surface area contributed by atoms with E-state index in [2.05, 4.69) is 15.9 Å². The summed E-state index contributed by atoms with van der Waals surface area (Å²) in [5.74, 6) is -1.39. The van der Waals surface area contributed by atoms with Crippen LogP contribution in [0.5, 0.6) is 11.5 Å². The predicted molar refractivity (Wildman–Crippen MR) is 90.3 cm³/mol. The summed E-state index contributed by atoms with van der Waals surface area (Å²) in [5.41, 5.74) is 0.323. The zero-order valence-electron chi connectivity index (χ0n) is 11.8. The van der Waals surface area contributed by atoms with Gasteiger partial charge in [0.05, 0.1) is 5.02 Å². The second-order valence-corrected chi connectivity index (χ2v) is 5.99. The Morgan fingerprint density at radius 2 is 1.79 bits per heavy atom. The number of anilines is 1. The Hall–Kier alpha value is -1.44. The molecule has 0 aliphatic rings. The molecule has 0 aliphatic heterocycles. The van der Waals surface area contributed by atoms with Crippen LogP contribution in [0.3, 0.4) is 0 Å². The Balaban J connectivity index is 2.29. The largest absolute Gasteiger partial charge is 0.471 e. The average Bonchev–Trinajstić information content (AvgIpc) is 2.51. The summed E-state index contributed by atoms with van der Waals surface area (Å²) in [6, 6.07) is 9.12. The van der Waals surface area contributed by atoms with Gasteiger partial charge in [0.15, 0.2) is 0 Å². The number of amides is 1. The highest BCUT2D eigenvalue weighted by Gasteiger charge is 2.39. The molecule has 0 aliphatic carbocycles. The molecule has 0 fully saturated rings. The van der Waals surface area contributed by atoms with Crippen molar-refractivity contribution in [1.29, 1.82) is 0 Å². The number of ether oxygens (including phenoxy) is 1. The third-order valence-electron chi connectivity index (χ3n) is 2.85. The molecule has 0 bridgehead atoms. The van der Waals surface area contributed by atoms with Crippen LogP contribution in [0.2, 0.25) is 10.0 Å². The summed E-state index contributed by atoms with van der Waals surface area (Å²) < 4.78 is 42.7. The first kappa shape index (κ1) is 18.9. The molecule has 1 N–H and O–H groups in total. The van der Waals surface area contributed by atoms with Crippen molar-refractivity contribution in [2.24, 2.45) is 0 Å². The summed E-state index contributed by atoms with van der Waals surface area (Å²) in [5, 5.41) is 2.55. The highest BCUT2D eigenvalue weighted by atomic mass is 79.9. The van der Waals surface area contributed by atoms with Crippen molar-refractivity contribution in [3.63, 3.8) is 0 Å². The van der Waals surface area contributed by atoms with Crippen LogP contribution in [0.1, 0.15) is 5.56 Å². The molecule has 9 heteroatoms. The summed E-state index contributed by atoms with van der Waals surface area (Å²) in [7, 11) is 0. The normalized spacial score (nSPS) is 11.2. The van der Waals surface area contributed by atoms with E-state index in [1.165, 1.54) is 12.1 Å². The van der Waals surface area contributed by atoms with Gasteiger partial charge in [0.1, 0.15) is 11.5 Å². The van der Waals surface area contributed by atoms with Crippen molar-refractivity contribution in [3.8, 4) is 11.5 Å². The van der Waals surface area contributed by atoms with Gasteiger partial charge in [-0.1, -0.05) is 39.1 Å². The van der Waals surface area contributed by atoms with E-state index in [1.807, 2.05) is 0 Å². The van der Waals surface area contributed by atoms with Crippen molar-refractivity contribution >= 4 is 50.7 Å². The highest BCUT2D eigenvalue weighted by molar-refractivity contribution is 9.08. The zero-order chi connectivity index (χ0) is 17.9. The van der Waals surface area contributed by atoms with Crippen molar-refractivity contribution in [1.82, 2.24) is 0 Å². The summed E-state index contributed by atoms with van der Waals surface area (Å²) in [6.45, 7) is 0. The minimum absolute atomic E-state index is 0.0483. The maximum absolute atomic E-state index is 12.4. The summed E-state index contributed by atoms with van der Waals surface area (Å²) >= 11 is 15.0. The lowest BCUT2D eigenvalue weighted by molar-refractivity contribution is -0.167. The minimum Gasteiger partial charge on any atom is -0.456 e. The van der Waals surface area contributed by atoms with Crippen molar-refractivity contribution in [2.75, 3.05) is 5.32 Å². The van der Waals surface area contributed by atoms with Gasteiger partial charge in [0.25, 0.3) is 0 Å². The first-order valence-electron chi connectivity index (χ1n) is 6.40. The fourth-order valence-electron chi connectivity index (χ4n) is 1.72. The Kier molecular flexibility index (Phi) is 6.01. The van der Waals surface area contributed by atoms with Crippen molar-refractivity contribution < 1.29 is 22.7 Å². The molecular formula is C15H9BrCl2F3NO2. The van der Waals surface area contributed by atoms with Gasteiger partial charge in [-0.3, -0.25) is 4.79 Å². The molecular weight excluding hydrogens is 434 g/mol. The van der Waals surface area contributed by atoms with Gasteiger partial charge in [-0.25, -0.2) is 0 Å². The second kappa shape index (κ2) is 7.63. The number of hydrogen-bond donors (Lipinski definition) is 1. The molecule has 24 heavy (non-hydrogen) atoms. The fraction of sp³-hybridized carbons (Fsp3) is 0.133. The van der Waals surface area contributed by atoms with Gasteiger partial charge in [-0.05, 0) is 42.0 Å². The highest BCUT2D eigenvalue weighted by Crippen LogP contribution is 2.36. The fourth-order valence-corrected chi connectivity index (χ4v) is 2.52. The molecule has 0 radical (unpaired) electrons. The Morgan fingerprint density at radius 3 is 2.33 bits per heavy atom. The number of benzene rings is 2. The number of rotatable bonds is 4. The van der Waals surface area contributed by atoms with E-state index in [4.69, 9.17) is 27.9 Å².